The number of para-hydroxylation sites is 1. The van der Waals surface area contributed by atoms with Crippen LogP contribution < -0.4 is 20.7 Å². The Bertz CT molecular complexity index is 1110. The number of carbonyl (C=O) groups excluding carboxylic acids is 3. The van der Waals surface area contributed by atoms with Crippen molar-refractivity contribution in [3.63, 3.8) is 0 Å². The van der Waals surface area contributed by atoms with E-state index in [1.54, 1.807) is 12.1 Å². The van der Waals surface area contributed by atoms with Crippen LogP contribution >= 0.6 is 0 Å². The van der Waals surface area contributed by atoms with E-state index in [1.165, 1.54) is 0 Å². The van der Waals surface area contributed by atoms with Crippen LogP contribution in [0.3, 0.4) is 0 Å². The number of nitrogens with one attached hydrogen (secondary N) is 3. The minimum absolute atomic E-state index is 0.0738. The lowest BCUT2D eigenvalue weighted by molar-refractivity contribution is -0.143. The Kier molecular flexibility index (Phi) is 7.39. The summed E-state index contributed by atoms with van der Waals surface area (Å²) in [6.07, 6.45) is -1.21. The summed E-state index contributed by atoms with van der Waals surface area (Å²) in [5.41, 5.74) is 1.68. The summed E-state index contributed by atoms with van der Waals surface area (Å²) in [5, 5.41) is 7.94. The summed E-state index contributed by atoms with van der Waals surface area (Å²) >= 11 is 0. The van der Waals surface area contributed by atoms with E-state index in [2.05, 4.69) is 16.0 Å². The number of amides is 3. The lowest BCUT2D eigenvalue weighted by Gasteiger charge is -2.37. The Morgan fingerprint density at radius 1 is 0.853 bits per heavy atom. The number of rotatable bonds is 9. The normalized spacial score (nSPS) is 17.5. The quantitative estimate of drug-likeness (QED) is 0.427. The molecule has 1 saturated heterocycles. The van der Waals surface area contributed by atoms with Crippen molar-refractivity contribution < 1.29 is 23.9 Å². The fourth-order valence-corrected chi connectivity index (χ4v) is 3.46. The van der Waals surface area contributed by atoms with Crippen LogP contribution in [0.25, 0.3) is 0 Å². The number of β-lactam (4-membered cyclic amide) rings is 1. The molecule has 174 valence electrons. The zero-order valence-electron chi connectivity index (χ0n) is 18.3. The monoisotopic (exact) mass is 459 g/mol. The predicted octanol–water partition coefficient (Wildman–Crippen LogP) is 2.54. The zero-order chi connectivity index (χ0) is 23.8. The smallest absolute Gasteiger partial charge is 0.408 e. The van der Waals surface area contributed by atoms with Crippen LogP contribution in [0.2, 0.25) is 0 Å². The Hall–Kier alpha value is -4.33. The van der Waals surface area contributed by atoms with Crippen LogP contribution in [-0.2, 0) is 27.4 Å². The molecule has 0 aromatic heterocycles. The maximum atomic E-state index is 13.1. The van der Waals surface area contributed by atoms with Crippen LogP contribution in [0.5, 0.6) is 5.75 Å². The van der Waals surface area contributed by atoms with Gasteiger partial charge in [0.2, 0.25) is 12.1 Å². The Morgan fingerprint density at radius 2 is 1.44 bits per heavy atom. The van der Waals surface area contributed by atoms with Gasteiger partial charge in [-0.15, -0.1) is 0 Å². The number of alkyl carbamates (subject to hydrolysis) is 1. The van der Waals surface area contributed by atoms with Gasteiger partial charge >= 0.3 is 6.09 Å². The summed E-state index contributed by atoms with van der Waals surface area (Å²) < 4.78 is 11.0. The number of hydrogen-bond donors (Lipinski definition) is 3. The van der Waals surface area contributed by atoms with Gasteiger partial charge < -0.3 is 25.4 Å². The highest BCUT2D eigenvalue weighted by Crippen LogP contribution is 2.16. The molecule has 1 aliphatic rings. The van der Waals surface area contributed by atoms with Gasteiger partial charge in [0.1, 0.15) is 18.4 Å². The summed E-state index contributed by atoms with van der Waals surface area (Å²) in [7, 11) is 0. The first-order chi connectivity index (χ1) is 16.6. The van der Waals surface area contributed by atoms with Gasteiger partial charge in [-0.3, -0.25) is 9.59 Å². The highest BCUT2D eigenvalue weighted by atomic mass is 16.5. The molecular weight excluding hydrogens is 434 g/mol. The van der Waals surface area contributed by atoms with Crippen molar-refractivity contribution in [3.8, 4) is 5.75 Å². The summed E-state index contributed by atoms with van der Waals surface area (Å²) in [4.78, 5) is 37.6. The van der Waals surface area contributed by atoms with Gasteiger partial charge in [0, 0.05) is 6.42 Å². The van der Waals surface area contributed by atoms with Crippen LogP contribution in [0.4, 0.5) is 4.79 Å². The Morgan fingerprint density at radius 3 is 2.06 bits per heavy atom. The van der Waals surface area contributed by atoms with Crippen LogP contribution in [0, 0.1) is 0 Å². The van der Waals surface area contributed by atoms with E-state index in [4.69, 9.17) is 9.47 Å². The molecule has 0 aliphatic carbocycles. The second kappa shape index (κ2) is 11.0. The maximum Gasteiger partial charge on any atom is 0.408 e. The van der Waals surface area contributed by atoms with E-state index in [0.29, 0.717) is 5.75 Å². The number of benzene rings is 3. The lowest BCUT2D eigenvalue weighted by atomic mass is 10.0. The predicted molar refractivity (Wildman–Crippen MR) is 125 cm³/mol. The van der Waals surface area contributed by atoms with Gasteiger partial charge in [-0.1, -0.05) is 78.9 Å². The molecule has 34 heavy (non-hydrogen) atoms. The molecule has 2 unspecified atom stereocenters. The fraction of sp³-hybridized carbons (Fsp3) is 0.192. The number of hydrogen-bond acceptors (Lipinski definition) is 5. The number of carbonyl (C=O) groups is 3. The van der Waals surface area contributed by atoms with Gasteiger partial charge in [0.05, 0.1) is 0 Å². The SMILES string of the molecule is O=C(N[C@@H](Cc1ccccc1)C(=O)NC1C(=O)NC1Oc1ccccc1)OCc1ccccc1. The van der Waals surface area contributed by atoms with E-state index in [0.717, 1.165) is 11.1 Å². The second-order valence-electron chi connectivity index (χ2n) is 7.79. The summed E-state index contributed by atoms with van der Waals surface area (Å²) in [5.74, 6) is -0.309. The third kappa shape index (κ3) is 6.13. The lowest BCUT2D eigenvalue weighted by Crippen LogP contribution is -2.72. The van der Waals surface area contributed by atoms with Crippen molar-refractivity contribution >= 4 is 17.9 Å². The molecule has 3 atom stereocenters. The second-order valence-corrected chi connectivity index (χ2v) is 7.79. The molecule has 0 radical (unpaired) electrons. The van der Waals surface area contributed by atoms with Gasteiger partial charge in [0.25, 0.3) is 5.91 Å². The van der Waals surface area contributed by atoms with Gasteiger partial charge in [0.15, 0.2) is 6.04 Å². The molecule has 0 saturated carbocycles. The van der Waals surface area contributed by atoms with Crippen molar-refractivity contribution in [1.29, 1.82) is 0 Å². The standard InChI is InChI=1S/C26H25N3O5/c30-23(28-22-24(31)29-25(22)34-20-14-8-3-9-15-20)21(16-18-10-4-1-5-11-18)27-26(32)33-17-19-12-6-2-7-13-19/h1-15,21-22,25H,16-17H2,(H,27,32)(H,28,30)(H,29,31)/t21-,22?,25?/m0/s1. The van der Waals surface area contributed by atoms with Crippen molar-refractivity contribution in [1.82, 2.24) is 16.0 Å². The van der Waals surface area contributed by atoms with E-state index in [1.807, 2.05) is 78.9 Å². The molecule has 3 N–H and O–H groups in total. The first kappa shape index (κ1) is 22.8. The van der Waals surface area contributed by atoms with Crippen molar-refractivity contribution in [3.05, 3.63) is 102 Å². The number of ether oxygens (including phenoxy) is 2. The molecular formula is C26H25N3O5. The van der Waals surface area contributed by atoms with E-state index in [-0.39, 0.29) is 18.9 Å². The molecule has 0 spiro atoms. The third-order valence-electron chi connectivity index (χ3n) is 5.28. The molecule has 3 amide bonds. The highest BCUT2D eigenvalue weighted by molar-refractivity contribution is 5.95. The van der Waals surface area contributed by atoms with Crippen molar-refractivity contribution in [2.24, 2.45) is 0 Å². The topological polar surface area (TPSA) is 106 Å². The van der Waals surface area contributed by atoms with Gasteiger partial charge in [-0.05, 0) is 23.3 Å². The average molecular weight is 460 g/mol. The minimum atomic E-state index is -0.948. The Balaban J connectivity index is 1.39. The van der Waals surface area contributed by atoms with E-state index >= 15 is 0 Å². The van der Waals surface area contributed by atoms with Crippen molar-refractivity contribution in [2.45, 2.75) is 31.3 Å². The highest BCUT2D eigenvalue weighted by Gasteiger charge is 2.43. The molecule has 1 aliphatic heterocycles. The molecule has 8 nitrogen and oxygen atoms in total. The third-order valence-corrected chi connectivity index (χ3v) is 5.28. The average Bonchev–Trinajstić information content (AvgIpc) is 2.87. The molecule has 1 heterocycles. The first-order valence-corrected chi connectivity index (χ1v) is 10.9. The van der Waals surface area contributed by atoms with Gasteiger partial charge in [-0.2, -0.15) is 0 Å². The van der Waals surface area contributed by atoms with Crippen LogP contribution in [0.1, 0.15) is 11.1 Å². The first-order valence-electron chi connectivity index (χ1n) is 10.9. The molecule has 8 heteroatoms. The maximum absolute atomic E-state index is 13.1. The fourth-order valence-electron chi connectivity index (χ4n) is 3.46. The molecule has 4 rings (SSSR count). The van der Waals surface area contributed by atoms with E-state index in [9.17, 15) is 14.4 Å². The molecule has 0 bridgehead atoms. The molecule has 3 aromatic rings. The summed E-state index contributed by atoms with van der Waals surface area (Å²) in [6.45, 7) is 0.0738. The molecule has 3 aromatic carbocycles. The minimum Gasteiger partial charge on any atom is -0.468 e. The van der Waals surface area contributed by atoms with E-state index < -0.39 is 30.3 Å². The zero-order valence-corrected chi connectivity index (χ0v) is 18.3. The Labute approximate surface area is 197 Å². The van der Waals surface area contributed by atoms with Crippen LogP contribution in [0.15, 0.2) is 91.0 Å². The van der Waals surface area contributed by atoms with Crippen molar-refractivity contribution in [2.75, 3.05) is 0 Å². The molecule has 1 fully saturated rings. The summed E-state index contributed by atoms with van der Waals surface area (Å²) in [6, 6.07) is 25.7. The van der Waals surface area contributed by atoms with Gasteiger partial charge in [-0.25, -0.2) is 4.79 Å². The van der Waals surface area contributed by atoms with Crippen LogP contribution in [-0.4, -0.2) is 36.2 Å². The largest absolute Gasteiger partial charge is 0.468 e.